The number of nitrogens with zero attached hydrogens (tertiary/aromatic N) is 2. The molecule has 0 radical (unpaired) electrons. The van der Waals surface area contributed by atoms with E-state index in [4.69, 9.17) is 0 Å². The van der Waals surface area contributed by atoms with Crippen LogP contribution < -0.4 is 10.6 Å². The average Bonchev–Trinajstić information content (AvgIpc) is 2.86. The van der Waals surface area contributed by atoms with Gasteiger partial charge in [0.2, 0.25) is 5.91 Å². The first kappa shape index (κ1) is 13.7. The Hall–Kier alpha value is -2.30. The fourth-order valence-corrected chi connectivity index (χ4v) is 2.76. The van der Waals surface area contributed by atoms with Gasteiger partial charge in [-0.25, -0.2) is 0 Å². The highest BCUT2D eigenvalue weighted by molar-refractivity contribution is 5.97. The van der Waals surface area contributed by atoms with E-state index in [2.05, 4.69) is 21.8 Å². The van der Waals surface area contributed by atoms with Gasteiger partial charge >= 0.3 is 0 Å². The van der Waals surface area contributed by atoms with E-state index in [1.165, 1.54) is 5.56 Å². The zero-order chi connectivity index (χ0) is 14.8. The smallest absolute Gasteiger partial charge is 0.246 e. The lowest BCUT2D eigenvalue weighted by molar-refractivity contribution is -0.117. The van der Waals surface area contributed by atoms with Crippen molar-refractivity contribution >= 4 is 17.3 Å². The summed E-state index contributed by atoms with van der Waals surface area (Å²) in [5, 5.41) is 10.7. The number of aromatic nitrogens is 2. The van der Waals surface area contributed by atoms with Gasteiger partial charge in [0.05, 0.1) is 11.4 Å². The van der Waals surface area contributed by atoms with Crippen LogP contribution in [0.2, 0.25) is 0 Å². The lowest BCUT2D eigenvalue weighted by Crippen LogP contribution is -2.37. The van der Waals surface area contributed by atoms with E-state index in [1.807, 2.05) is 38.4 Å². The Bertz CT molecular complexity index is 662. The summed E-state index contributed by atoms with van der Waals surface area (Å²) in [5.74, 6) is 0.00667. The molecule has 5 heteroatoms. The molecule has 110 valence electrons. The van der Waals surface area contributed by atoms with Crippen LogP contribution in [0, 0.1) is 0 Å². The van der Waals surface area contributed by atoms with Gasteiger partial charge in [0.1, 0.15) is 6.04 Å². The van der Waals surface area contributed by atoms with Crippen molar-refractivity contribution in [3.05, 3.63) is 41.7 Å². The highest BCUT2D eigenvalue weighted by Crippen LogP contribution is 2.25. The molecule has 1 aromatic heterocycles. The molecule has 1 atom stereocenters. The number of nitrogens with one attached hydrogen (secondary N) is 2. The topological polar surface area (TPSA) is 59.0 Å². The Morgan fingerprint density at radius 2 is 2.29 bits per heavy atom. The summed E-state index contributed by atoms with van der Waals surface area (Å²) in [6.07, 6.45) is 4.39. The van der Waals surface area contributed by atoms with Gasteiger partial charge in [-0.3, -0.25) is 9.48 Å². The van der Waals surface area contributed by atoms with E-state index in [9.17, 15) is 4.79 Å². The van der Waals surface area contributed by atoms with E-state index in [1.54, 1.807) is 4.68 Å². The number of amides is 1. The van der Waals surface area contributed by atoms with Gasteiger partial charge in [0.15, 0.2) is 0 Å². The van der Waals surface area contributed by atoms with Gasteiger partial charge in [-0.1, -0.05) is 25.1 Å². The van der Waals surface area contributed by atoms with Crippen LogP contribution in [0.3, 0.4) is 0 Å². The molecule has 1 amide bonds. The summed E-state index contributed by atoms with van der Waals surface area (Å²) in [6, 6.07) is 7.96. The molecule has 1 unspecified atom stereocenters. The third-order valence-corrected chi connectivity index (χ3v) is 3.86. The molecule has 0 saturated heterocycles. The maximum atomic E-state index is 12.4. The van der Waals surface area contributed by atoms with Gasteiger partial charge in [0, 0.05) is 18.9 Å². The van der Waals surface area contributed by atoms with Crippen LogP contribution in [0.5, 0.6) is 0 Å². The number of anilines is 2. The highest BCUT2D eigenvalue weighted by Gasteiger charge is 2.24. The summed E-state index contributed by atoms with van der Waals surface area (Å²) in [4.78, 5) is 12.4. The van der Waals surface area contributed by atoms with Crippen LogP contribution in [0.25, 0.3) is 0 Å². The molecule has 3 rings (SSSR count). The monoisotopic (exact) mass is 284 g/mol. The van der Waals surface area contributed by atoms with Crippen molar-refractivity contribution < 1.29 is 4.79 Å². The second-order valence-corrected chi connectivity index (χ2v) is 5.40. The van der Waals surface area contributed by atoms with Crippen LogP contribution in [-0.2, 0) is 24.7 Å². The molecule has 0 spiro atoms. The van der Waals surface area contributed by atoms with Crippen molar-refractivity contribution in [3.8, 4) is 0 Å². The minimum atomic E-state index is -0.190. The number of hydrogen-bond acceptors (Lipinski definition) is 3. The maximum absolute atomic E-state index is 12.4. The van der Waals surface area contributed by atoms with E-state index < -0.39 is 0 Å². The highest BCUT2D eigenvalue weighted by atomic mass is 16.2. The number of hydrogen-bond donors (Lipinski definition) is 2. The number of rotatable bonds is 3. The fourth-order valence-electron chi connectivity index (χ4n) is 2.76. The molecule has 2 aromatic rings. The standard InChI is InChI=1S/C16H20N4O/c1-3-12-15(10-20(2)19-12)18-16(21)14-9-8-11-6-4-5-7-13(11)17-14/h4-7,10,14,17H,3,8-9H2,1-2H3,(H,18,21). The van der Waals surface area contributed by atoms with Crippen LogP contribution in [0.15, 0.2) is 30.5 Å². The van der Waals surface area contributed by atoms with Gasteiger partial charge in [-0.15, -0.1) is 0 Å². The lowest BCUT2D eigenvalue weighted by atomic mass is 9.97. The Morgan fingerprint density at radius 3 is 3.10 bits per heavy atom. The zero-order valence-corrected chi connectivity index (χ0v) is 12.4. The van der Waals surface area contributed by atoms with Crippen LogP contribution in [-0.4, -0.2) is 21.7 Å². The summed E-state index contributed by atoms with van der Waals surface area (Å²) in [5.41, 5.74) is 4.07. The van der Waals surface area contributed by atoms with Gasteiger partial charge in [0.25, 0.3) is 0 Å². The molecule has 0 aliphatic carbocycles. The van der Waals surface area contributed by atoms with Crippen molar-refractivity contribution in [1.29, 1.82) is 0 Å². The third kappa shape index (κ3) is 2.77. The van der Waals surface area contributed by atoms with E-state index in [-0.39, 0.29) is 11.9 Å². The largest absolute Gasteiger partial charge is 0.373 e. The molecule has 0 fully saturated rings. The van der Waals surface area contributed by atoms with Crippen LogP contribution in [0.1, 0.15) is 24.6 Å². The van der Waals surface area contributed by atoms with Crippen molar-refractivity contribution in [3.63, 3.8) is 0 Å². The molecular formula is C16H20N4O. The first-order valence-electron chi connectivity index (χ1n) is 7.35. The van der Waals surface area contributed by atoms with E-state index in [0.717, 1.165) is 36.3 Å². The van der Waals surface area contributed by atoms with E-state index >= 15 is 0 Å². The first-order valence-corrected chi connectivity index (χ1v) is 7.35. The van der Waals surface area contributed by atoms with Crippen molar-refractivity contribution in [2.45, 2.75) is 32.2 Å². The Kier molecular flexibility index (Phi) is 3.64. The third-order valence-electron chi connectivity index (χ3n) is 3.86. The predicted octanol–water partition coefficient (Wildman–Crippen LogP) is 2.35. The molecule has 1 aliphatic rings. The number of aryl methyl sites for hydroxylation is 3. The molecule has 1 aromatic carbocycles. The summed E-state index contributed by atoms with van der Waals surface area (Å²) in [6.45, 7) is 2.03. The number of carbonyl (C=O) groups is 1. The molecular weight excluding hydrogens is 264 g/mol. The second-order valence-electron chi connectivity index (χ2n) is 5.40. The quantitative estimate of drug-likeness (QED) is 0.909. The van der Waals surface area contributed by atoms with Gasteiger partial charge < -0.3 is 10.6 Å². The predicted molar refractivity (Wildman–Crippen MR) is 83.4 cm³/mol. The lowest BCUT2D eigenvalue weighted by Gasteiger charge is -2.26. The molecule has 21 heavy (non-hydrogen) atoms. The second kappa shape index (κ2) is 5.60. The van der Waals surface area contributed by atoms with Crippen molar-refractivity contribution in [2.24, 2.45) is 7.05 Å². The number of para-hydroxylation sites is 1. The minimum absolute atomic E-state index is 0.00667. The summed E-state index contributed by atoms with van der Waals surface area (Å²) < 4.78 is 1.73. The Labute approximate surface area is 124 Å². The first-order chi connectivity index (χ1) is 10.2. The SMILES string of the molecule is CCc1nn(C)cc1NC(=O)C1CCc2ccccc2N1. The molecule has 5 nitrogen and oxygen atoms in total. The molecule has 0 bridgehead atoms. The Morgan fingerprint density at radius 1 is 1.48 bits per heavy atom. The van der Waals surface area contributed by atoms with E-state index in [0.29, 0.717) is 0 Å². The Balaban J connectivity index is 1.72. The molecule has 2 N–H and O–H groups in total. The number of fused-ring (bicyclic) bond motifs is 1. The number of carbonyl (C=O) groups excluding carboxylic acids is 1. The van der Waals surface area contributed by atoms with Crippen LogP contribution in [0.4, 0.5) is 11.4 Å². The zero-order valence-electron chi connectivity index (χ0n) is 12.4. The van der Waals surface area contributed by atoms with Crippen LogP contribution >= 0.6 is 0 Å². The average molecular weight is 284 g/mol. The maximum Gasteiger partial charge on any atom is 0.246 e. The molecule has 2 heterocycles. The normalized spacial score (nSPS) is 17.0. The van der Waals surface area contributed by atoms with Gasteiger partial charge in [-0.2, -0.15) is 5.10 Å². The van der Waals surface area contributed by atoms with Crippen molar-refractivity contribution in [2.75, 3.05) is 10.6 Å². The number of benzene rings is 1. The summed E-state index contributed by atoms with van der Waals surface area (Å²) in [7, 11) is 1.87. The summed E-state index contributed by atoms with van der Waals surface area (Å²) >= 11 is 0. The molecule has 1 aliphatic heterocycles. The minimum Gasteiger partial charge on any atom is -0.373 e. The van der Waals surface area contributed by atoms with Gasteiger partial charge in [-0.05, 0) is 30.9 Å². The fraction of sp³-hybridized carbons (Fsp3) is 0.375. The molecule has 0 saturated carbocycles. The van der Waals surface area contributed by atoms with Crippen molar-refractivity contribution in [1.82, 2.24) is 9.78 Å².